The Hall–Kier alpha value is -5.11. The van der Waals surface area contributed by atoms with Crippen molar-refractivity contribution in [1.82, 2.24) is 34.8 Å². The molecule has 0 saturated carbocycles. The molecule has 0 atom stereocenters. The molecule has 0 fully saturated rings. The van der Waals surface area contributed by atoms with Crippen LogP contribution in [0.15, 0.2) is 61.4 Å². The standard InChI is InChI=1S/C28H26F3N9O2/c1-16-6-7-17(38-27(41)21-12-19(28(29,30)31)22(13-33-21)42-10-9-40(2)3)11-20(16)39-25-18(5-4-8-32-25)23-24-26(36-14-34-23)37-15-35-24/h4-8,11-15H,9-10H2,1-3H3,(H,32,39)(H,38,41)(H,34,35,36,37). The lowest BCUT2D eigenvalue weighted by Crippen LogP contribution is -2.21. The van der Waals surface area contributed by atoms with Gasteiger partial charge in [-0.3, -0.25) is 4.79 Å². The average molecular weight is 578 g/mol. The van der Waals surface area contributed by atoms with Gasteiger partial charge in [0.15, 0.2) is 5.65 Å². The number of H-pyrrole nitrogens is 1. The van der Waals surface area contributed by atoms with Crippen molar-refractivity contribution in [2.24, 2.45) is 0 Å². The lowest BCUT2D eigenvalue weighted by Gasteiger charge is -2.16. The van der Waals surface area contributed by atoms with Gasteiger partial charge in [-0.05, 0) is 56.9 Å². The zero-order chi connectivity index (χ0) is 29.9. The fourth-order valence-electron chi connectivity index (χ4n) is 4.06. The number of amides is 1. The number of hydrogen-bond acceptors (Lipinski definition) is 9. The maximum absolute atomic E-state index is 13.8. The second kappa shape index (κ2) is 11.8. The quantitative estimate of drug-likeness (QED) is 0.219. The molecule has 11 nitrogen and oxygen atoms in total. The predicted molar refractivity (Wildman–Crippen MR) is 151 cm³/mol. The molecule has 0 saturated heterocycles. The second-order valence-corrected chi connectivity index (χ2v) is 9.55. The fourth-order valence-corrected chi connectivity index (χ4v) is 4.06. The third kappa shape index (κ3) is 6.28. The predicted octanol–water partition coefficient (Wildman–Crippen LogP) is 5.07. The molecule has 216 valence electrons. The molecule has 0 bridgehead atoms. The summed E-state index contributed by atoms with van der Waals surface area (Å²) in [6, 6.07) is 9.35. The third-order valence-corrected chi connectivity index (χ3v) is 6.24. The highest BCUT2D eigenvalue weighted by atomic mass is 19.4. The first kappa shape index (κ1) is 28.4. The van der Waals surface area contributed by atoms with Crippen LogP contribution in [0.2, 0.25) is 0 Å². The van der Waals surface area contributed by atoms with Gasteiger partial charge in [-0.25, -0.2) is 24.9 Å². The minimum absolute atomic E-state index is 0.0322. The van der Waals surface area contributed by atoms with E-state index in [9.17, 15) is 18.0 Å². The number of nitrogens with zero attached hydrogens (tertiary/aromatic N) is 6. The number of carbonyl (C=O) groups excluding carboxylic acids is 1. The normalized spacial score (nSPS) is 11.6. The Balaban J connectivity index is 1.38. The second-order valence-electron chi connectivity index (χ2n) is 9.55. The van der Waals surface area contributed by atoms with Crippen LogP contribution < -0.4 is 15.4 Å². The molecule has 0 unspecified atom stereocenters. The number of likely N-dealkylation sites (N-methyl/N-ethyl adjacent to an activating group) is 1. The average Bonchev–Trinajstić information content (AvgIpc) is 3.44. The van der Waals surface area contributed by atoms with E-state index in [4.69, 9.17) is 4.74 Å². The number of pyridine rings is 2. The van der Waals surface area contributed by atoms with E-state index in [0.717, 1.165) is 11.8 Å². The minimum atomic E-state index is -4.74. The number of rotatable bonds is 9. The Morgan fingerprint density at radius 1 is 1.07 bits per heavy atom. The van der Waals surface area contributed by atoms with Gasteiger partial charge in [-0.2, -0.15) is 13.2 Å². The number of nitrogens with one attached hydrogen (secondary N) is 3. The summed E-state index contributed by atoms with van der Waals surface area (Å²) in [5.41, 5.74) is 2.72. The molecule has 5 aromatic rings. The van der Waals surface area contributed by atoms with Crippen molar-refractivity contribution in [2.75, 3.05) is 37.9 Å². The van der Waals surface area contributed by atoms with Gasteiger partial charge < -0.3 is 25.3 Å². The molecule has 4 heterocycles. The summed E-state index contributed by atoms with van der Waals surface area (Å²) in [7, 11) is 3.55. The van der Waals surface area contributed by atoms with Crippen molar-refractivity contribution in [1.29, 1.82) is 0 Å². The van der Waals surface area contributed by atoms with Crippen LogP contribution in [0.25, 0.3) is 22.4 Å². The smallest absolute Gasteiger partial charge is 0.420 e. The summed E-state index contributed by atoms with van der Waals surface area (Å²) in [6.07, 6.45) is 0.744. The number of aryl methyl sites for hydroxylation is 1. The van der Waals surface area contributed by atoms with Gasteiger partial charge in [0.05, 0.1) is 12.5 Å². The van der Waals surface area contributed by atoms with Crippen LogP contribution >= 0.6 is 0 Å². The number of anilines is 3. The van der Waals surface area contributed by atoms with E-state index in [1.165, 1.54) is 12.7 Å². The topological polar surface area (TPSA) is 134 Å². The summed E-state index contributed by atoms with van der Waals surface area (Å²) in [5.74, 6) is -0.763. The molecule has 0 aliphatic carbocycles. The van der Waals surface area contributed by atoms with Crippen LogP contribution in [0.5, 0.6) is 5.75 Å². The molecule has 14 heteroatoms. The first-order chi connectivity index (χ1) is 20.1. The zero-order valence-corrected chi connectivity index (χ0v) is 22.8. The van der Waals surface area contributed by atoms with Crippen LogP contribution in [0.4, 0.5) is 30.4 Å². The number of fused-ring (bicyclic) bond motifs is 1. The summed E-state index contributed by atoms with van der Waals surface area (Å²) in [4.78, 5) is 38.9. The van der Waals surface area contributed by atoms with Crippen molar-refractivity contribution >= 4 is 34.3 Å². The molecule has 0 aliphatic heterocycles. The van der Waals surface area contributed by atoms with E-state index in [1.807, 2.05) is 13.0 Å². The lowest BCUT2D eigenvalue weighted by atomic mass is 10.1. The van der Waals surface area contributed by atoms with E-state index in [0.29, 0.717) is 52.2 Å². The summed E-state index contributed by atoms with van der Waals surface area (Å²) in [6.45, 7) is 2.31. The van der Waals surface area contributed by atoms with Gasteiger partial charge in [0, 0.05) is 29.7 Å². The van der Waals surface area contributed by atoms with E-state index >= 15 is 0 Å². The van der Waals surface area contributed by atoms with E-state index in [2.05, 4.69) is 40.5 Å². The van der Waals surface area contributed by atoms with Crippen molar-refractivity contribution in [3.05, 3.63) is 78.3 Å². The lowest BCUT2D eigenvalue weighted by molar-refractivity contribution is -0.139. The van der Waals surface area contributed by atoms with Gasteiger partial charge >= 0.3 is 6.18 Å². The number of benzene rings is 1. The molecular weight excluding hydrogens is 551 g/mol. The van der Waals surface area contributed by atoms with E-state index < -0.39 is 29.1 Å². The Morgan fingerprint density at radius 3 is 2.69 bits per heavy atom. The molecule has 1 aromatic carbocycles. The van der Waals surface area contributed by atoms with Gasteiger partial charge in [-0.1, -0.05) is 6.07 Å². The Morgan fingerprint density at radius 2 is 1.90 bits per heavy atom. The van der Waals surface area contributed by atoms with Crippen molar-refractivity contribution in [2.45, 2.75) is 13.1 Å². The minimum Gasteiger partial charge on any atom is -0.490 e. The van der Waals surface area contributed by atoms with Gasteiger partial charge in [0.1, 0.15) is 47.0 Å². The number of halogens is 3. The number of aromatic amines is 1. The van der Waals surface area contributed by atoms with Crippen LogP contribution in [0.3, 0.4) is 0 Å². The Labute approximate surface area is 238 Å². The number of hydrogen-bond donors (Lipinski definition) is 3. The molecule has 3 N–H and O–H groups in total. The fraction of sp³-hybridized carbons (Fsp3) is 0.214. The molecule has 42 heavy (non-hydrogen) atoms. The van der Waals surface area contributed by atoms with Gasteiger partial charge in [-0.15, -0.1) is 0 Å². The number of carbonyl (C=O) groups is 1. The van der Waals surface area contributed by atoms with E-state index in [1.54, 1.807) is 49.5 Å². The van der Waals surface area contributed by atoms with Crippen LogP contribution in [0, 0.1) is 6.92 Å². The highest BCUT2D eigenvalue weighted by Crippen LogP contribution is 2.36. The third-order valence-electron chi connectivity index (χ3n) is 6.24. The van der Waals surface area contributed by atoms with Crippen molar-refractivity contribution < 1.29 is 22.7 Å². The van der Waals surface area contributed by atoms with Crippen molar-refractivity contribution in [3.8, 4) is 17.0 Å². The molecule has 0 radical (unpaired) electrons. The van der Waals surface area contributed by atoms with Gasteiger partial charge in [0.2, 0.25) is 0 Å². The number of alkyl halides is 3. The molecular formula is C28H26F3N9O2. The Kier molecular flexibility index (Phi) is 7.97. The summed E-state index contributed by atoms with van der Waals surface area (Å²) in [5, 5.41) is 5.90. The Bertz CT molecular complexity index is 1740. The number of ether oxygens (including phenoxy) is 1. The van der Waals surface area contributed by atoms with Crippen LogP contribution in [-0.4, -0.2) is 68.0 Å². The molecule has 0 spiro atoms. The first-order valence-electron chi connectivity index (χ1n) is 12.7. The molecule has 1 amide bonds. The zero-order valence-electron chi connectivity index (χ0n) is 22.8. The summed E-state index contributed by atoms with van der Waals surface area (Å²) >= 11 is 0. The molecule has 5 rings (SSSR count). The highest BCUT2D eigenvalue weighted by molar-refractivity contribution is 6.03. The molecule has 4 aromatic heterocycles. The van der Waals surface area contributed by atoms with Crippen molar-refractivity contribution in [3.63, 3.8) is 0 Å². The molecule has 0 aliphatic rings. The highest BCUT2D eigenvalue weighted by Gasteiger charge is 2.36. The van der Waals surface area contributed by atoms with Crippen LogP contribution in [0.1, 0.15) is 21.6 Å². The summed E-state index contributed by atoms with van der Waals surface area (Å²) < 4.78 is 46.6. The number of imidazole rings is 1. The van der Waals surface area contributed by atoms with Crippen LogP contribution in [-0.2, 0) is 6.18 Å². The largest absolute Gasteiger partial charge is 0.490 e. The first-order valence-corrected chi connectivity index (χ1v) is 12.7. The SMILES string of the molecule is Cc1ccc(NC(=O)c2cc(C(F)(F)F)c(OCCN(C)C)cn2)cc1Nc1ncccc1-c1ncnc2nc[nH]c12. The maximum atomic E-state index is 13.8. The maximum Gasteiger partial charge on any atom is 0.420 e. The van der Waals surface area contributed by atoms with Gasteiger partial charge in [0.25, 0.3) is 5.91 Å². The van der Waals surface area contributed by atoms with E-state index in [-0.39, 0.29) is 6.61 Å². The monoisotopic (exact) mass is 577 g/mol. The number of aromatic nitrogens is 6.